The lowest BCUT2D eigenvalue weighted by Crippen LogP contribution is -1.39. The number of rotatable bonds is 0. The molecule has 2 radical (unpaired) electrons. The van der Waals surface area contributed by atoms with Crippen molar-refractivity contribution in [3.05, 3.63) is 6.92 Å². The topological polar surface area (TPSA) is 23.8 Å². The van der Waals surface area contributed by atoms with Crippen molar-refractivity contribution in [1.29, 1.82) is 5.26 Å². The lowest BCUT2D eigenvalue weighted by atomic mass is 10.6. The molecule has 1 heteroatoms. The van der Waals surface area contributed by atoms with Gasteiger partial charge in [0.05, 0.1) is 6.07 Å². The molecule has 0 bridgehead atoms. The summed E-state index contributed by atoms with van der Waals surface area (Å²) in [6.07, 6.45) is 0.125. The van der Waals surface area contributed by atoms with Gasteiger partial charge in [0.2, 0.25) is 0 Å². The van der Waals surface area contributed by atoms with Gasteiger partial charge in [-0.25, -0.2) is 0 Å². The van der Waals surface area contributed by atoms with Crippen molar-refractivity contribution in [3.8, 4) is 6.07 Å². The SMILES string of the molecule is [CH]CC#N. The first-order valence-electron chi connectivity index (χ1n) is 0.985. The fourth-order valence-corrected chi connectivity index (χ4v) is 0. The quantitative estimate of drug-likeness (QED) is 0.397. The lowest BCUT2D eigenvalue weighted by Gasteiger charge is -1.46. The molecular weight excluding hydrogens is 50.0 g/mol. The van der Waals surface area contributed by atoms with Crippen LogP contribution >= 0.6 is 0 Å². The average molecular weight is 53.1 g/mol. The number of nitriles is 1. The summed E-state index contributed by atoms with van der Waals surface area (Å²) in [7, 11) is 0. The molecule has 0 aromatic rings. The van der Waals surface area contributed by atoms with E-state index in [0.717, 1.165) is 0 Å². The summed E-state index contributed by atoms with van der Waals surface area (Å²) in [5.41, 5.74) is 0. The number of hydrogen-bond acceptors (Lipinski definition) is 1. The van der Waals surface area contributed by atoms with Crippen LogP contribution in [0.5, 0.6) is 0 Å². The van der Waals surface area contributed by atoms with Crippen LogP contribution in [-0.2, 0) is 0 Å². The van der Waals surface area contributed by atoms with E-state index in [1.165, 1.54) is 0 Å². The third-order valence-corrected chi connectivity index (χ3v) is 0.0913. The van der Waals surface area contributed by atoms with E-state index in [4.69, 9.17) is 5.26 Å². The molecule has 0 fully saturated rings. The minimum absolute atomic E-state index is 0.125. The van der Waals surface area contributed by atoms with E-state index in [1.807, 2.05) is 0 Å². The largest absolute Gasteiger partial charge is 0.198 e. The molecule has 0 aliphatic heterocycles. The van der Waals surface area contributed by atoms with E-state index >= 15 is 0 Å². The van der Waals surface area contributed by atoms with Crippen LogP contribution in [0.1, 0.15) is 6.42 Å². The summed E-state index contributed by atoms with van der Waals surface area (Å²) in [6.45, 7) is 4.67. The van der Waals surface area contributed by atoms with Gasteiger partial charge in [-0.2, -0.15) is 5.26 Å². The highest BCUT2D eigenvalue weighted by Crippen LogP contribution is 1.56. The fraction of sp³-hybridized carbons (Fsp3) is 0.333. The molecule has 0 atom stereocenters. The van der Waals surface area contributed by atoms with Gasteiger partial charge in [-0.05, 0) is 6.92 Å². The van der Waals surface area contributed by atoms with Crippen LogP contribution in [0.2, 0.25) is 0 Å². The zero-order chi connectivity index (χ0) is 3.41. The highest BCUT2D eigenvalue weighted by atomic mass is 14.2. The molecule has 4 heavy (non-hydrogen) atoms. The molecule has 0 saturated carbocycles. The maximum atomic E-state index is 7.50. The Morgan fingerprint density at radius 2 is 2.25 bits per heavy atom. The van der Waals surface area contributed by atoms with Gasteiger partial charge in [0.25, 0.3) is 0 Å². The summed E-state index contributed by atoms with van der Waals surface area (Å²) >= 11 is 0. The Balaban J connectivity index is 2.43. The monoisotopic (exact) mass is 53.0 g/mol. The standard InChI is InChI=1S/C3H3N/c1-2-3-4/h1H,2H2. The summed E-state index contributed by atoms with van der Waals surface area (Å²) in [4.78, 5) is 0. The Bertz CT molecular complexity index is 33.0. The molecule has 0 rings (SSSR count). The zero-order valence-electron chi connectivity index (χ0n) is 2.23. The third-order valence-electron chi connectivity index (χ3n) is 0.0913. The zero-order valence-corrected chi connectivity index (χ0v) is 2.23. The van der Waals surface area contributed by atoms with Gasteiger partial charge in [-0.1, -0.05) is 0 Å². The van der Waals surface area contributed by atoms with Crippen LogP contribution in [-0.4, -0.2) is 0 Å². The summed E-state index contributed by atoms with van der Waals surface area (Å²) in [5.74, 6) is 0. The van der Waals surface area contributed by atoms with Gasteiger partial charge in [0.1, 0.15) is 0 Å². The summed E-state index contributed by atoms with van der Waals surface area (Å²) in [5, 5.41) is 7.50. The molecular formula is C3H3N. The van der Waals surface area contributed by atoms with Gasteiger partial charge < -0.3 is 0 Å². The Hall–Kier alpha value is -0.510. The number of nitrogens with zero attached hydrogens (tertiary/aromatic N) is 1. The maximum absolute atomic E-state index is 7.50. The molecule has 0 saturated heterocycles. The Kier molecular flexibility index (Phi) is 2.17. The summed E-state index contributed by atoms with van der Waals surface area (Å²) < 4.78 is 0. The van der Waals surface area contributed by atoms with Crippen LogP contribution in [0, 0.1) is 18.3 Å². The molecule has 0 aromatic carbocycles. The molecule has 0 spiro atoms. The van der Waals surface area contributed by atoms with E-state index in [-0.39, 0.29) is 6.42 Å². The number of hydrogen-bond donors (Lipinski definition) is 0. The smallest absolute Gasteiger partial charge is 0.0624 e. The molecule has 0 amide bonds. The van der Waals surface area contributed by atoms with E-state index in [2.05, 4.69) is 6.92 Å². The molecule has 1 nitrogen and oxygen atoms in total. The van der Waals surface area contributed by atoms with Gasteiger partial charge in [0, 0.05) is 6.42 Å². The molecule has 0 N–H and O–H groups in total. The van der Waals surface area contributed by atoms with Crippen molar-refractivity contribution < 1.29 is 0 Å². The van der Waals surface area contributed by atoms with E-state index in [9.17, 15) is 0 Å². The molecule has 0 heterocycles. The second-order valence-electron chi connectivity index (χ2n) is 0.362. The second kappa shape index (κ2) is 2.49. The Labute approximate surface area is 25.9 Å². The molecule has 0 aliphatic rings. The van der Waals surface area contributed by atoms with Crippen LogP contribution in [0.4, 0.5) is 0 Å². The van der Waals surface area contributed by atoms with Crippen LogP contribution in [0.25, 0.3) is 0 Å². The van der Waals surface area contributed by atoms with Gasteiger partial charge >= 0.3 is 0 Å². The predicted octanol–water partition coefficient (Wildman–Crippen LogP) is 0.611. The van der Waals surface area contributed by atoms with Gasteiger partial charge in [-0.3, -0.25) is 0 Å². The van der Waals surface area contributed by atoms with Crippen molar-refractivity contribution in [3.63, 3.8) is 0 Å². The van der Waals surface area contributed by atoms with Crippen molar-refractivity contribution in [1.82, 2.24) is 0 Å². The first-order valence-corrected chi connectivity index (χ1v) is 0.985. The first-order chi connectivity index (χ1) is 1.91. The van der Waals surface area contributed by atoms with E-state index < -0.39 is 0 Å². The van der Waals surface area contributed by atoms with Crippen LogP contribution < -0.4 is 0 Å². The predicted molar refractivity (Wildman–Crippen MR) is 14.5 cm³/mol. The highest BCUT2D eigenvalue weighted by molar-refractivity contribution is 4.68. The minimum atomic E-state index is 0.125. The van der Waals surface area contributed by atoms with Crippen molar-refractivity contribution in [2.45, 2.75) is 6.42 Å². The van der Waals surface area contributed by atoms with Crippen molar-refractivity contribution in [2.75, 3.05) is 0 Å². The van der Waals surface area contributed by atoms with Gasteiger partial charge in [-0.15, -0.1) is 0 Å². The van der Waals surface area contributed by atoms with Gasteiger partial charge in [0.15, 0.2) is 0 Å². The average Bonchev–Trinajstić information content (AvgIpc) is 1.37. The van der Waals surface area contributed by atoms with Crippen molar-refractivity contribution >= 4 is 0 Å². The third kappa shape index (κ3) is 1.49. The lowest BCUT2D eigenvalue weighted by molar-refractivity contribution is 1.36. The van der Waals surface area contributed by atoms with Crippen LogP contribution in [0.3, 0.4) is 0 Å². The van der Waals surface area contributed by atoms with E-state index in [1.54, 1.807) is 6.07 Å². The maximum Gasteiger partial charge on any atom is 0.0624 e. The Morgan fingerprint density at radius 3 is 2.25 bits per heavy atom. The summed E-state index contributed by atoms with van der Waals surface area (Å²) in [6, 6.07) is 1.71. The molecule has 0 aromatic heterocycles. The van der Waals surface area contributed by atoms with Crippen molar-refractivity contribution in [2.24, 2.45) is 0 Å². The molecule has 0 aliphatic carbocycles. The molecule has 20 valence electrons. The van der Waals surface area contributed by atoms with Crippen LogP contribution in [0.15, 0.2) is 0 Å². The normalized spacial score (nSPS) is 5.00. The second-order valence-corrected chi connectivity index (χ2v) is 0.362. The minimum Gasteiger partial charge on any atom is -0.198 e. The fourth-order valence-electron chi connectivity index (χ4n) is 0. The molecule has 0 unspecified atom stereocenters. The first kappa shape index (κ1) is 3.49. The Morgan fingerprint density at radius 1 is 2.00 bits per heavy atom. The highest BCUT2D eigenvalue weighted by Gasteiger charge is 1.50. The van der Waals surface area contributed by atoms with E-state index in [0.29, 0.717) is 0 Å².